The molecule has 4 rings (SSSR count). The van der Waals surface area contributed by atoms with E-state index in [4.69, 9.17) is 4.74 Å². The van der Waals surface area contributed by atoms with E-state index in [0.717, 1.165) is 36.0 Å². The number of ether oxygens (including phenoxy) is 1. The second kappa shape index (κ2) is 8.98. The van der Waals surface area contributed by atoms with Crippen molar-refractivity contribution < 1.29 is 4.74 Å². The van der Waals surface area contributed by atoms with Crippen molar-refractivity contribution in [2.75, 3.05) is 30.4 Å². The van der Waals surface area contributed by atoms with Gasteiger partial charge < -0.3 is 15.0 Å². The average Bonchev–Trinajstić information content (AvgIpc) is 2.77. The molecule has 0 unspecified atom stereocenters. The molecule has 2 N–H and O–H groups in total. The number of anilines is 3. The lowest BCUT2D eigenvalue weighted by atomic mass is 9.99. The smallest absolute Gasteiger partial charge is 0.274 e. The van der Waals surface area contributed by atoms with Gasteiger partial charge in [0, 0.05) is 30.9 Å². The molecule has 1 aliphatic rings. The summed E-state index contributed by atoms with van der Waals surface area (Å²) in [7, 11) is 1.62. The van der Waals surface area contributed by atoms with Crippen molar-refractivity contribution >= 4 is 17.3 Å². The van der Waals surface area contributed by atoms with Crippen LogP contribution in [0.1, 0.15) is 31.0 Å². The zero-order valence-electron chi connectivity index (χ0n) is 17.4. The number of methoxy groups -OCH3 is 1. The maximum absolute atomic E-state index is 12.4. The molecule has 3 aromatic rings. The Morgan fingerprint density at radius 2 is 1.77 bits per heavy atom. The standard InChI is InChI=1S/C23H27N5O2/c1-16-11-13-28(14-12-16)19-7-5-18(6-8-19)24-23-25-22(29)21(26-27-23)15-17-3-9-20(30-2)10-4-17/h3-10,16H,11-15H2,1-2H3,(H2,24,25,27,29). The van der Waals surface area contributed by atoms with Crippen LogP contribution in [-0.4, -0.2) is 35.4 Å². The molecule has 2 heterocycles. The van der Waals surface area contributed by atoms with E-state index in [2.05, 4.69) is 44.5 Å². The van der Waals surface area contributed by atoms with Gasteiger partial charge in [-0.25, -0.2) is 0 Å². The summed E-state index contributed by atoms with van der Waals surface area (Å²) in [6.45, 7) is 4.51. The minimum absolute atomic E-state index is 0.248. The molecule has 0 radical (unpaired) electrons. The zero-order chi connectivity index (χ0) is 20.9. The summed E-state index contributed by atoms with van der Waals surface area (Å²) in [5, 5.41) is 11.4. The fraction of sp³-hybridized carbons (Fsp3) is 0.348. The first-order chi connectivity index (χ1) is 14.6. The molecule has 2 aromatic carbocycles. The summed E-state index contributed by atoms with van der Waals surface area (Å²) in [6.07, 6.45) is 2.88. The van der Waals surface area contributed by atoms with E-state index in [9.17, 15) is 4.79 Å². The number of piperidine rings is 1. The second-order valence-electron chi connectivity index (χ2n) is 7.82. The van der Waals surface area contributed by atoms with Crippen molar-refractivity contribution in [1.29, 1.82) is 0 Å². The van der Waals surface area contributed by atoms with Gasteiger partial charge in [0.1, 0.15) is 11.4 Å². The molecule has 0 aliphatic carbocycles. The molecule has 0 bridgehead atoms. The van der Waals surface area contributed by atoms with Crippen molar-refractivity contribution in [2.24, 2.45) is 5.92 Å². The van der Waals surface area contributed by atoms with Crippen LogP contribution in [0.4, 0.5) is 17.3 Å². The summed E-state index contributed by atoms with van der Waals surface area (Å²) >= 11 is 0. The number of nitrogens with one attached hydrogen (secondary N) is 2. The van der Waals surface area contributed by atoms with E-state index in [1.54, 1.807) is 7.11 Å². The minimum atomic E-state index is -0.248. The van der Waals surface area contributed by atoms with E-state index in [-0.39, 0.29) is 5.56 Å². The van der Waals surface area contributed by atoms with Gasteiger partial charge in [0.25, 0.3) is 5.56 Å². The van der Waals surface area contributed by atoms with E-state index in [1.165, 1.54) is 18.5 Å². The fourth-order valence-electron chi connectivity index (χ4n) is 3.63. The SMILES string of the molecule is COc1ccc(Cc2nnc(Nc3ccc(N4CCC(C)CC4)cc3)[nH]c2=O)cc1. The second-order valence-corrected chi connectivity index (χ2v) is 7.82. The topological polar surface area (TPSA) is 83.1 Å². The Hall–Kier alpha value is -3.35. The van der Waals surface area contributed by atoms with Gasteiger partial charge in [-0.2, -0.15) is 0 Å². The van der Waals surface area contributed by atoms with Crippen molar-refractivity contribution in [3.05, 3.63) is 70.1 Å². The van der Waals surface area contributed by atoms with Gasteiger partial charge in [0.2, 0.25) is 5.95 Å². The van der Waals surface area contributed by atoms with Crippen molar-refractivity contribution in [1.82, 2.24) is 15.2 Å². The van der Waals surface area contributed by atoms with E-state index in [0.29, 0.717) is 18.1 Å². The quantitative estimate of drug-likeness (QED) is 0.650. The largest absolute Gasteiger partial charge is 0.497 e. The van der Waals surface area contributed by atoms with Crippen LogP contribution in [0.5, 0.6) is 5.75 Å². The maximum Gasteiger partial charge on any atom is 0.274 e. The number of hydrogen-bond donors (Lipinski definition) is 2. The van der Waals surface area contributed by atoms with E-state index >= 15 is 0 Å². The third-order valence-corrected chi connectivity index (χ3v) is 5.57. The fourth-order valence-corrected chi connectivity index (χ4v) is 3.63. The molecule has 0 saturated carbocycles. The van der Waals surface area contributed by atoms with Gasteiger partial charge in [-0.15, -0.1) is 10.2 Å². The Morgan fingerprint density at radius 1 is 1.07 bits per heavy atom. The molecular formula is C23H27N5O2. The molecule has 156 valence electrons. The van der Waals surface area contributed by atoms with Gasteiger partial charge in [-0.1, -0.05) is 19.1 Å². The predicted molar refractivity (Wildman–Crippen MR) is 119 cm³/mol. The van der Waals surface area contributed by atoms with Gasteiger partial charge in [0.15, 0.2) is 0 Å². The van der Waals surface area contributed by atoms with Gasteiger partial charge >= 0.3 is 0 Å². The highest BCUT2D eigenvalue weighted by atomic mass is 16.5. The van der Waals surface area contributed by atoms with Crippen LogP contribution >= 0.6 is 0 Å². The van der Waals surface area contributed by atoms with Gasteiger partial charge in [-0.05, 0) is 60.7 Å². The first kappa shape index (κ1) is 19.9. The summed E-state index contributed by atoms with van der Waals surface area (Å²) < 4.78 is 5.15. The molecule has 1 saturated heterocycles. The highest BCUT2D eigenvalue weighted by molar-refractivity contribution is 5.59. The summed E-state index contributed by atoms with van der Waals surface area (Å²) in [5.41, 5.74) is 3.18. The maximum atomic E-state index is 12.4. The number of benzene rings is 2. The van der Waals surface area contributed by atoms with Crippen LogP contribution in [0.3, 0.4) is 0 Å². The Kier molecular flexibility index (Phi) is 5.97. The zero-order valence-corrected chi connectivity index (χ0v) is 17.4. The van der Waals surface area contributed by atoms with Crippen LogP contribution in [-0.2, 0) is 6.42 Å². The van der Waals surface area contributed by atoms with E-state index in [1.807, 2.05) is 36.4 Å². The predicted octanol–water partition coefficient (Wildman–Crippen LogP) is 3.74. The van der Waals surface area contributed by atoms with Gasteiger partial charge in [-0.3, -0.25) is 9.78 Å². The number of rotatable bonds is 6. The normalized spacial score (nSPS) is 14.5. The molecule has 1 aromatic heterocycles. The molecule has 0 amide bonds. The number of H-pyrrole nitrogens is 1. The summed E-state index contributed by atoms with van der Waals surface area (Å²) in [4.78, 5) is 17.6. The molecular weight excluding hydrogens is 378 g/mol. The lowest BCUT2D eigenvalue weighted by Gasteiger charge is -2.32. The summed E-state index contributed by atoms with van der Waals surface area (Å²) in [6, 6.07) is 15.7. The van der Waals surface area contributed by atoms with Crippen LogP contribution in [0.2, 0.25) is 0 Å². The van der Waals surface area contributed by atoms with Crippen molar-refractivity contribution in [2.45, 2.75) is 26.2 Å². The molecule has 7 heteroatoms. The number of nitrogens with zero attached hydrogens (tertiary/aromatic N) is 3. The Morgan fingerprint density at radius 3 is 2.40 bits per heavy atom. The first-order valence-electron chi connectivity index (χ1n) is 10.3. The molecule has 1 aliphatic heterocycles. The highest BCUT2D eigenvalue weighted by Gasteiger charge is 2.16. The molecule has 0 atom stereocenters. The minimum Gasteiger partial charge on any atom is -0.497 e. The highest BCUT2D eigenvalue weighted by Crippen LogP contribution is 2.24. The van der Waals surface area contributed by atoms with Gasteiger partial charge in [0.05, 0.1) is 7.11 Å². The third kappa shape index (κ3) is 4.79. The van der Waals surface area contributed by atoms with Crippen molar-refractivity contribution in [3.63, 3.8) is 0 Å². The molecule has 30 heavy (non-hydrogen) atoms. The molecule has 7 nitrogen and oxygen atoms in total. The monoisotopic (exact) mass is 405 g/mol. The van der Waals surface area contributed by atoms with E-state index < -0.39 is 0 Å². The molecule has 1 fully saturated rings. The Labute approximate surface area is 176 Å². The molecule has 0 spiro atoms. The van der Waals surface area contributed by atoms with Crippen LogP contribution in [0.25, 0.3) is 0 Å². The Bertz CT molecular complexity index is 1020. The first-order valence-corrected chi connectivity index (χ1v) is 10.3. The lowest BCUT2D eigenvalue weighted by Crippen LogP contribution is -2.32. The third-order valence-electron chi connectivity index (χ3n) is 5.57. The van der Waals surface area contributed by atoms with Crippen molar-refractivity contribution in [3.8, 4) is 5.75 Å². The van der Waals surface area contributed by atoms with Crippen LogP contribution in [0.15, 0.2) is 53.3 Å². The number of aromatic amines is 1. The number of aromatic nitrogens is 3. The average molecular weight is 406 g/mol. The Balaban J connectivity index is 1.40. The van der Waals surface area contributed by atoms with Crippen LogP contribution < -0.4 is 20.5 Å². The number of hydrogen-bond acceptors (Lipinski definition) is 6. The summed E-state index contributed by atoms with van der Waals surface area (Å²) in [5.74, 6) is 1.92. The van der Waals surface area contributed by atoms with Crippen LogP contribution in [0, 0.1) is 5.92 Å². The lowest BCUT2D eigenvalue weighted by molar-refractivity contribution is 0.414.